The van der Waals surface area contributed by atoms with Crippen LogP contribution in [0.4, 0.5) is 0 Å². The van der Waals surface area contributed by atoms with Gasteiger partial charge in [0, 0.05) is 11.9 Å². The Hall–Kier alpha value is -0.890. The molecule has 1 rings (SSSR count). The van der Waals surface area contributed by atoms with Crippen LogP contribution < -0.4 is 0 Å². The van der Waals surface area contributed by atoms with Crippen LogP contribution in [0.15, 0.2) is 18.3 Å². The highest BCUT2D eigenvalue weighted by atomic mass is 16.3. The summed E-state index contributed by atoms with van der Waals surface area (Å²) in [6.07, 6.45) is 3.30. The van der Waals surface area contributed by atoms with Crippen molar-refractivity contribution >= 4 is 0 Å². The second kappa shape index (κ2) is 4.21. The molecule has 1 atom stereocenters. The highest BCUT2D eigenvalue weighted by Gasteiger charge is 2.00. The minimum Gasteiger partial charge on any atom is -0.393 e. The Morgan fingerprint density at radius 3 is 2.92 bits per heavy atom. The molecule has 0 aliphatic heterocycles. The number of pyridine rings is 1. The molecule has 12 heavy (non-hydrogen) atoms. The van der Waals surface area contributed by atoms with Gasteiger partial charge in [-0.1, -0.05) is 6.07 Å². The minimum atomic E-state index is -0.218. The number of hydrogen-bond donors (Lipinski definition) is 1. The number of hydrogen-bond acceptors (Lipinski definition) is 2. The maximum Gasteiger partial charge on any atom is 0.0515 e. The standard InChI is InChI=1S/C10H15NO/c1-8(12)5-6-10-4-3-7-11-9(10)2/h3-4,7-8,12H,5-6H2,1-2H3/t8-/m1/s1. The monoisotopic (exact) mass is 165 g/mol. The second-order valence-corrected chi connectivity index (χ2v) is 3.14. The third kappa shape index (κ3) is 2.62. The molecule has 0 fully saturated rings. The Balaban J connectivity index is 2.57. The molecule has 0 saturated heterocycles. The first kappa shape index (κ1) is 9.20. The molecule has 1 aromatic heterocycles. The summed E-state index contributed by atoms with van der Waals surface area (Å²) in [7, 11) is 0. The van der Waals surface area contributed by atoms with E-state index in [0.29, 0.717) is 0 Å². The van der Waals surface area contributed by atoms with Crippen molar-refractivity contribution in [2.75, 3.05) is 0 Å². The second-order valence-electron chi connectivity index (χ2n) is 3.14. The van der Waals surface area contributed by atoms with Gasteiger partial charge in [0.1, 0.15) is 0 Å². The van der Waals surface area contributed by atoms with Gasteiger partial charge in [-0.3, -0.25) is 4.98 Å². The summed E-state index contributed by atoms with van der Waals surface area (Å²) in [6, 6.07) is 4.00. The summed E-state index contributed by atoms with van der Waals surface area (Å²) < 4.78 is 0. The normalized spacial score (nSPS) is 12.9. The Bertz CT molecular complexity index is 245. The molecule has 0 aliphatic carbocycles. The number of aliphatic hydroxyl groups excluding tert-OH is 1. The average molecular weight is 165 g/mol. The minimum absolute atomic E-state index is 0.218. The van der Waals surface area contributed by atoms with E-state index in [4.69, 9.17) is 5.11 Å². The molecule has 2 nitrogen and oxygen atoms in total. The number of nitrogens with zero attached hydrogens (tertiary/aromatic N) is 1. The first-order chi connectivity index (χ1) is 5.70. The first-order valence-electron chi connectivity index (χ1n) is 4.28. The zero-order valence-corrected chi connectivity index (χ0v) is 7.62. The molecular weight excluding hydrogens is 150 g/mol. The quantitative estimate of drug-likeness (QED) is 0.739. The maximum absolute atomic E-state index is 9.08. The molecule has 1 heterocycles. The summed E-state index contributed by atoms with van der Waals surface area (Å²) in [5.74, 6) is 0. The van der Waals surface area contributed by atoms with E-state index in [-0.39, 0.29) is 6.10 Å². The Morgan fingerprint density at radius 1 is 1.58 bits per heavy atom. The third-order valence-corrected chi connectivity index (χ3v) is 1.95. The van der Waals surface area contributed by atoms with E-state index in [1.54, 1.807) is 6.20 Å². The fraction of sp³-hybridized carbons (Fsp3) is 0.500. The Labute approximate surface area is 73.3 Å². The van der Waals surface area contributed by atoms with E-state index in [0.717, 1.165) is 18.5 Å². The zero-order valence-electron chi connectivity index (χ0n) is 7.62. The van der Waals surface area contributed by atoms with E-state index < -0.39 is 0 Å². The van der Waals surface area contributed by atoms with Crippen LogP contribution in [0.5, 0.6) is 0 Å². The summed E-state index contributed by atoms with van der Waals surface area (Å²) >= 11 is 0. The van der Waals surface area contributed by atoms with Crippen molar-refractivity contribution in [3.8, 4) is 0 Å². The Morgan fingerprint density at radius 2 is 2.33 bits per heavy atom. The molecule has 0 bridgehead atoms. The van der Waals surface area contributed by atoms with E-state index >= 15 is 0 Å². The number of aryl methyl sites for hydroxylation is 2. The van der Waals surface area contributed by atoms with Gasteiger partial charge in [0.25, 0.3) is 0 Å². The average Bonchev–Trinajstić information content (AvgIpc) is 2.03. The number of rotatable bonds is 3. The van der Waals surface area contributed by atoms with Crippen molar-refractivity contribution in [3.63, 3.8) is 0 Å². The van der Waals surface area contributed by atoms with Crippen molar-refractivity contribution in [1.82, 2.24) is 4.98 Å². The molecule has 66 valence electrons. The van der Waals surface area contributed by atoms with Gasteiger partial charge in [-0.25, -0.2) is 0 Å². The van der Waals surface area contributed by atoms with Gasteiger partial charge in [0.15, 0.2) is 0 Å². The van der Waals surface area contributed by atoms with Crippen molar-refractivity contribution < 1.29 is 5.11 Å². The predicted molar refractivity (Wildman–Crippen MR) is 49.0 cm³/mol. The molecular formula is C10H15NO. The van der Waals surface area contributed by atoms with Crippen LogP contribution in [-0.2, 0) is 6.42 Å². The lowest BCUT2D eigenvalue weighted by Gasteiger charge is -2.05. The molecule has 0 saturated carbocycles. The number of aliphatic hydroxyl groups is 1. The van der Waals surface area contributed by atoms with E-state index in [1.807, 2.05) is 19.9 Å². The highest BCUT2D eigenvalue weighted by Crippen LogP contribution is 2.07. The van der Waals surface area contributed by atoms with Gasteiger partial charge >= 0.3 is 0 Å². The first-order valence-corrected chi connectivity index (χ1v) is 4.28. The van der Waals surface area contributed by atoms with Gasteiger partial charge in [0.05, 0.1) is 6.10 Å². The van der Waals surface area contributed by atoms with Crippen LogP contribution in [0.3, 0.4) is 0 Å². The summed E-state index contributed by atoms with van der Waals surface area (Å²) in [6.45, 7) is 3.81. The molecule has 0 unspecified atom stereocenters. The van der Waals surface area contributed by atoms with Crippen molar-refractivity contribution in [1.29, 1.82) is 0 Å². The lowest BCUT2D eigenvalue weighted by molar-refractivity contribution is 0.185. The van der Waals surface area contributed by atoms with Gasteiger partial charge < -0.3 is 5.11 Å². The SMILES string of the molecule is Cc1ncccc1CC[C@@H](C)O. The zero-order chi connectivity index (χ0) is 8.97. The molecule has 2 heteroatoms. The largest absolute Gasteiger partial charge is 0.393 e. The third-order valence-electron chi connectivity index (χ3n) is 1.95. The predicted octanol–water partition coefficient (Wildman–Crippen LogP) is 1.70. The van der Waals surface area contributed by atoms with Gasteiger partial charge in [-0.15, -0.1) is 0 Å². The highest BCUT2D eigenvalue weighted by molar-refractivity contribution is 5.18. The fourth-order valence-corrected chi connectivity index (χ4v) is 1.15. The molecule has 0 spiro atoms. The van der Waals surface area contributed by atoms with Crippen LogP contribution >= 0.6 is 0 Å². The lowest BCUT2D eigenvalue weighted by Crippen LogP contribution is -2.02. The molecule has 0 radical (unpaired) electrons. The van der Waals surface area contributed by atoms with Gasteiger partial charge in [-0.05, 0) is 38.3 Å². The molecule has 0 amide bonds. The van der Waals surface area contributed by atoms with Crippen molar-refractivity contribution in [2.24, 2.45) is 0 Å². The van der Waals surface area contributed by atoms with Crippen LogP contribution in [0, 0.1) is 6.92 Å². The van der Waals surface area contributed by atoms with Crippen LogP contribution in [0.1, 0.15) is 24.6 Å². The van der Waals surface area contributed by atoms with Crippen LogP contribution in [0.2, 0.25) is 0 Å². The molecule has 1 N–H and O–H groups in total. The molecule has 0 aliphatic rings. The van der Waals surface area contributed by atoms with E-state index in [1.165, 1.54) is 5.56 Å². The lowest BCUT2D eigenvalue weighted by atomic mass is 10.1. The van der Waals surface area contributed by atoms with E-state index in [2.05, 4.69) is 11.1 Å². The smallest absolute Gasteiger partial charge is 0.0515 e. The summed E-state index contributed by atoms with van der Waals surface area (Å²) in [4.78, 5) is 4.18. The van der Waals surface area contributed by atoms with Crippen molar-refractivity contribution in [2.45, 2.75) is 32.8 Å². The van der Waals surface area contributed by atoms with E-state index in [9.17, 15) is 0 Å². The molecule has 1 aromatic rings. The molecule has 0 aromatic carbocycles. The van der Waals surface area contributed by atoms with Gasteiger partial charge in [-0.2, -0.15) is 0 Å². The van der Waals surface area contributed by atoms with Crippen LogP contribution in [-0.4, -0.2) is 16.2 Å². The summed E-state index contributed by atoms with van der Waals surface area (Å²) in [5, 5.41) is 9.08. The maximum atomic E-state index is 9.08. The van der Waals surface area contributed by atoms with Gasteiger partial charge in [0.2, 0.25) is 0 Å². The number of aromatic nitrogens is 1. The topological polar surface area (TPSA) is 33.1 Å². The Kier molecular flexibility index (Phi) is 3.23. The van der Waals surface area contributed by atoms with Crippen LogP contribution in [0.25, 0.3) is 0 Å². The fourth-order valence-electron chi connectivity index (χ4n) is 1.15. The summed E-state index contributed by atoms with van der Waals surface area (Å²) in [5.41, 5.74) is 2.30. The van der Waals surface area contributed by atoms with Crippen molar-refractivity contribution in [3.05, 3.63) is 29.6 Å².